The standard InChI is InChI=1S/C22H23NO4/c1-15-17-8-9-20-19(13-23(14-26-20)10-11-25-2)21(17)27-22(24)18(15)12-16-6-4-3-5-7-16/h3-9H,10-14H2,1-2H3/p+1. The third-order valence-electron chi connectivity index (χ3n) is 5.26. The monoisotopic (exact) mass is 366 g/mol. The lowest BCUT2D eigenvalue weighted by molar-refractivity contribution is -0.932. The Labute approximate surface area is 158 Å². The maximum Gasteiger partial charge on any atom is 0.340 e. The van der Waals surface area contributed by atoms with Crippen molar-refractivity contribution >= 4 is 11.0 Å². The second-order valence-electron chi connectivity index (χ2n) is 7.03. The van der Waals surface area contributed by atoms with Crippen LogP contribution in [-0.4, -0.2) is 27.0 Å². The van der Waals surface area contributed by atoms with E-state index in [4.69, 9.17) is 13.9 Å². The molecule has 140 valence electrons. The molecular formula is C22H24NO4+. The van der Waals surface area contributed by atoms with E-state index in [-0.39, 0.29) is 5.63 Å². The number of hydrogen-bond donors (Lipinski definition) is 1. The van der Waals surface area contributed by atoms with Crippen molar-refractivity contribution in [2.24, 2.45) is 0 Å². The smallest absolute Gasteiger partial charge is 0.340 e. The van der Waals surface area contributed by atoms with Crippen molar-refractivity contribution < 1.29 is 18.8 Å². The molecule has 0 aliphatic carbocycles. The van der Waals surface area contributed by atoms with Crippen LogP contribution in [0.3, 0.4) is 0 Å². The van der Waals surface area contributed by atoms with Gasteiger partial charge in [-0.2, -0.15) is 0 Å². The summed E-state index contributed by atoms with van der Waals surface area (Å²) in [5, 5.41) is 0.982. The quantitative estimate of drug-likeness (QED) is 0.703. The van der Waals surface area contributed by atoms with Crippen molar-refractivity contribution in [1.29, 1.82) is 0 Å². The fraction of sp³-hybridized carbons (Fsp3) is 0.318. The van der Waals surface area contributed by atoms with Crippen LogP contribution in [0.15, 0.2) is 51.7 Å². The lowest BCUT2D eigenvalue weighted by Crippen LogP contribution is -3.12. The van der Waals surface area contributed by atoms with Gasteiger partial charge in [0.25, 0.3) is 0 Å². The van der Waals surface area contributed by atoms with Crippen molar-refractivity contribution in [3.8, 4) is 5.75 Å². The number of quaternary nitrogens is 1. The van der Waals surface area contributed by atoms with Gasteiger partial charge in [0.1, 0.15) is 18.8 Å². The Bertz CT molecular complexity index is 1010. The van der Waals surface area contributed by atoms with Crippen molar-refractivity contribution in [1.82, 2.24) is 0 Å². The summed E-state index contributed by atoms with van der Waals surface area (Å²) in [4.78, 5) is 14.0. The fourth-order valence-corrected chi connectivity index (χ4v) is 3.69. The van der Waals surface area contributed by atoms with Crippen LogP contribution < -0.4 is 15.3 Å². The second kappa shape index (κ2) is 7.55. The maximum absolute atomic E-state index is 12.8. The van der Waals surface area contributed by atoms with Crippen LogP contribution in [-0.2, 0) is 17.7 Å². The van der Waals surface area contributed by atoms with Gasteiger partial charge < -0.3 is 13.9 Å². The molecule has 0 radical (unpaired) electrons. The number of nitrogens with one attached hydrogen (secondary N) is 1. The van der Waals surface area contributed by atoms with Gasteiger partial charge in [0.15, 0.2) is 5.58 Å². The van der Waals surface area contributed by atoms with E-state index in [1.54, 1.807) is 7.11 Å². The largest absolute Gasteiger partial charge is 0.445 e. The van der Waals surface area contributed by atoms with E-state index in [2.05, 4.69) is 0 Å². The van der Waals surface area contributed by atoms with Crippen molar-refractivity contribution in [2.45, 2.75) is 19.9 Å². The summed E-state index contributed by atoms with van der Waals surface area (Å²) in [6, 6.07) is 14.0. The number of rotatable bonds is 5. The number of hydrogen-bond acceptors (Lipinski definition) is 4. The Hall–Kier alpha value is -2.63. The molecule has 3 aromatic rings. The van der Waals surface area contributed by atoms with Gasteiger partial charge in [0, 0.05) is 24.5 Å². The van der Waals surface area contributed by atoms with Gasteiger partial charge in [0.2, 0.25) is 6.73 Å². The summed E-state index contributed by atoms with van der Waals surface area (Å²) in [6.45, 7) is 4.88. The zero-order valence-corrected chi connectivity index (χ0v) is 15.7. The molecule has 1 unspecified atom stereocenters. The first-order chi connectivity index (χ1) is 13.2. The van der Waals surface area contributed by atoms with Crippen LogP contribution in [0.2, 0.25) is 0 Å². The summed E-state index contributed by atoms with van der Waals surface area (Å²) in [6.07, 6.45) is 0.573. The molecule has 0 saturated carbocycles. The summed E-state index contributed by atoms with van der Waals surface area (Å²) < 4.78 is 16.9. The van der Waals surface area contributed by atoms with Gasteiger partial charge in [-0.15, -0.1) is 0 Å². The molecule has 1 atom stereocenters. The van der Waals surface area contributed by atoms with Crippen molar-refractivity contribution in [3.63, 3.8) is 0 Å². The molecule has 5 heteroatoms. The molecule has 2 heterocycles. The minimum Gasteiger partial charge on any atom is -0.445 e. The van der Waals surface area contributed by atoms with Gasteiger partial charge in [0.05, 0.1) is 12.2 Å². The Kier molecular flexibility index (Phi) is 4.97. The minimum absolute atomic E-state index is 0.263. The SMILES string of the molecule is COCC[NH+]1COc2ccc3c(C)c(Cc4ccccc4)c(=O)oc3c2C1. The predicted octanol–water partition coefficient (Wildman–Crippen LogP) is 2.07. The van der Waals surface area contributed by atoms with Gasteiger partial charge in [-0.3, -0.25) is 4.90 Å². The van der Waals surface area contributed by atoms with E-state index in [0.29, 0.717) is 30.9 Å². The molecule has 1 aliphatic rings. The van der Waals surface area contributed by atoms with Crippen molar-refractivity contribution in [2.75, 3.05) is 27.0 Å². The molecule has 27 heavy (non-hydrogen) atoms. The topological polar surface area (TPSA) is 53.1 Å². The zero-order valence-electron chi connectivity index (χ0n) is 15.7. The van der Waals surface area contributed by atoms with E-state index in [0.717, 1.165) is 40.9 Å². The van der Waals surface area contributed by atoms with Crippen LogP contribution in [0.5, 0.6) is 5.75 Å². The van der Waals surface area contributed by atoms with Crippen LogP contribution in [0.25, 0.3) is 11.0 Å². The van der Waals surface area contributed by atoms with Gasteiger partial charge in [-0.25, -0.2) is 4.79 Å². The summed E-state index contributed by atoms with van der Waals surface area (Å²) in [7, 11) is 1.70. The predicted molar refractivity (Wildman–Crippen MR) is 103 cm³/mol. The summed E-state index contributed by atoms with van der Waals surface area (Å²) in [5.74, 6) is 0.807. The third kappa shape index (κ3) is 3.48. The van der Waals surface area contributed by atoms with Gasteiger partial charge in [-0.05, 0) is 30.2 Å². The summed E-state index contributed by atoms with van der Waals surface area (Å²) in [5.41, 5.74) is 4.16. The Balaban J connectivity index is 1.76. The molecule has 1 aliphatic heterocycles. The van der Waals surface area contributed by atoms with E-state index in [9.17, 15) is 4.79 Å². The van der Waals surface area contributed by atoms with Crippen LogP contribution in [0.1, 0.15) is 22.3 Å². The van der Waals surface area contributed by atoms with Crippen LogP contribution >= 0.6 is 0 Å². The first-order valence-electron chi connectivity index (χ1n) is 9.24. The number of aryl methyl sites for hydroxylation is 1. The Morgan fingerprint density at radius 1 is 1.15 bits per heavy atom. The molecule has 0 amide bonds. The average Bonchev–Trinajstić information content (AvgIpc) is 2.70. The van der Waals surface area contributed by atoms with Crippen LogP contribution in [0, 0.1) is 6.92 Å². The molecule has 0 bridgehead atoms. The number of fused-ring (bicyclic) bond motifs is 3. The molecule has 1 N–H and O–H groups in total. The normalized spacial score (nSPS) is 16.1. The fourth-order valence-electron chi connectivity index (χ4n) is 3.69. The van der Waals surface area contributed by atoms with E-state index >= 15 is 0 Å². The van der Waals surface area contributed by atoms with Gasteiger partial charge in [-0.1, -0.05) is 30.3 Å². The third-order valence-corrected chi connectivity index (χ3v) is 5.26. The Morgan fingerprint density at radius 3 is 2.74 bits per heavy atom. The second-order valence-corrected chi connectivity index (χ2v) is 7.03. The van der Waals surface area contributed by atoms with E-state index < -0.39 is 0 Å². The molecule has 2 aromatic carbocycles. The zero-order chi connectivity index (χ0) is 18.8. The van der Waals surface area contributed by atoms with Gasteiger partial charge >= 0.3 is 5.63 Å². The molecule has 5 nitrogen and oxygen atoms in total. The molecule has 1 aromatic heterocycles. The van der Waals surface area contributed by atoms with Crippen molar-refractivity contribution in [3.05, 3.63) is 75.1 Å². The lowest BCUT2D eigenvalue weighted by Gasteiger charge is -2.26. The lowest BCUT2D eigenvalue weighted by atomic mass is 9.98. The first-order valence-corrected chi connectivity index (χ1v) is 9.24. The maximum atomic E-state index is 12.8. The number of ether oxygens (including phenoxy) is 2. The molecule has 0 saturated heterocycles. The molecular weight excluding hydrogens is 342 g/mol. The molecule has 0 fully saturated rings. The molecule has 4 rings (SSSR count). The van der Waals surface area contributed by atoms with E-state index in [1.807, 2.05) is 49.4 Å². The highest BCUT2D eigenvalue weighted by molar-refractivity contribution is 5.85. The number of methoxy groups -OCH3 is 1. The van der Waals surface area contributed by atoms with Crippen LogP contribution in [0.4, 0.5) is 0 Å². The average molecular weight is 366 g/mol. The highest BCUT2D eigenvalue weighted by Crippen LogP contribution is 2.31. The highest BCUT2D eigenvalue weighted by atomic mass is 16.5. The first kappa shape index (κ1) is 17.8. The molecule has 0 spiro atoms. The number of benzene rings is 2. The Morgan fingerprint density at radius 2 is 1.96 bits per heavy atom. The summed E-state index contributed by atoms with van der Waals surface area (Å²) >= 11 is 0. The highest BCUT2D eigenvalue weighted by Gasteiger charge is 2.25. The van der Waals surface area contributed by atoms with E-state index in [1.165, 1.54) is 4.90 Å². The minimum atomic E-state index is -0.263.